The zero-order chi connectivity index (χ0) is 14.0. The van der Waals surface area contributed by atoms with E-state index in [1.807, 2.05) is 18.7 Å². The van der Waals surface area contributed by atoms with Crippen molar-refractivity contribution in [2.75, 3.05) is 6.54 Å². The van der Waals surface area contributed by atoms with E-state index in [1.54, 1.807) is 0 Å². The lowest BCUT2D eigenvalue weighted by Gasteiger charge is -2.31. The molecule has 1 saturated carbocycles. The van der Waals surface area contributed by atoms with E-state index < -0.39 is 0 Å². The van der Waals surface area contributed by atoms with E-state index in [0.29, 0.717) is 0 Å². The molecule has 1 heterocycles. The summed E-state index contributed by atoms with van der Waals surface area (Å²) in [5.74, 6) is 0.256. The fraction of sp³-hybridized carbons (Fsp3) is 0.867. The number of carbonyl (C=O) groups is 1. The van der Waals surface area contributed by atoms with Crippen LogP contribution in [0.25, 0.3) is 0 Å². The molecule has 4 nitrogen and oxygen atoms in total. The van der Waals surface area contributed by atoms with Gasteiger partial charge in [-0.2, -0.15) is 5.26 Å². The number of hydrogen-bond donors (Lipinski definition) is 0. The van der Waals surface area contributed by atoms with E-state index in [0.717, 1.165) is 12.8 Å². The Morgan fingerprint density at radius 1 is 1.26 bits per heavy atom. The first kappa shape index (κ1) is 14.3. The lowest BCUT2D eigenvalue weighted by molar-refractivity contribution is -0.139. The standard InChI is InChI=1S/C15H24N2O2/c1-10-11(2)19-12(3)14(10)15(18)17(9-8-16)13-6-4-5-7-13/h10-14H,4-7,9H2,1-3H3. The van der Waals surface area contributed by atoms with Crippen LogP contribution in [-0.4, -0.2) is 35.6 Å². The third-order valence-electron chi connectivity index (χ3n) is 4.82. The predicted octanol–water partition coefficient (Wildman–Crippen LogP) is 2.34. The van der Waals surface area contributed by atoms with E-state index in [9.17, 15) is 4.79 Å². The first-order valence-corrected chi connectivity index (χ1v) is 7.39. The molecule has 106 valence electrons. The monoisotopic (exact) mass is 264 g/mol. The van der Waals surface area contributed by atoms with Crippen molar-refractivity contribution in [1.82, 2.24) is 4.90 Å². The zero-order valence-corrected chi connectivity index (χ0v) is 12.1. The highest BCUT2D eigenvalue weighted by atomic mass is 16.5. The lowest BCUT2D eigenvalue weighted by atomic mass is 9.88. The summed E-state index contributed by atoms with van der Waals surface area (Å²) in [6.07, 6.45) is 4.50. The minimum absolute atomic E-state index is 0.0416. The quantitative estimate of drug-likeness (QED) is 0.735. The highest BCUT2D eigenvalue weighted by Crippen LogP contribution is 2.35. The fourth-order valence-electron chi connectivity index (χ4n) is 3.56. The third kappa shape index (κ3) is 2.76. The van der Waals surface area contributed by atoms with Gasteiger partial charge in [0.15, 0.2) is 0 Å². The van der Waals surface area contributed by atoms with Crippen LogP contribution in [0.2, 0.25) is 0 Å². The Morgan fingerprint density at radius 3 is 2.37 bits per heavy atom. The predicted molar refractivity (Wildman–Crippen MR) is 72.2 cm³/mol. The van der Waals surface area contributed by atoms with Crippen molar-refractivity contribution in [2.24, 2.45) is 11.8 Å². The number of carbonyl (C=O) groups excluding carboxylic acids is 1. The Kier molecular flexibility index (Phi) is 4.46. The molecule has 4 atom stereocenters. The van der Waals surface area contributed by atoms with Crippen LogP contribution in [0.1, 0.15) is 46.5 Å². The minimum Gasteiger partial charge on any atom is -0.374 e. The van der Waals surface area contributed by atoms with Crippen LogP contribution in [0.4, 0.5) is 0 Å². The van der Waals surface area contributed by atoms with Crippen molar-refractivity contribution < 1.29 is 9.53 Å². The van der Waals surface area contributed by atoms with Gasteiger partial charge in [0.25, 0.3) is 0 Å². The van der Waals surface area contributed by atoms with Gasteiger partial charge in [0, 0.05) is 6.04 Å². The molecular weight excluding hydrogens is 240 g/mol. The largest absolute Gasteiger partial charge is 0.374 e. The van der Waals surface area contributed by atoms with Gasteiger partial charge in [0.05, 0.1) is 24.2 Å². The summed E-state index contributed by atoms with van der Waals surface area (Å²) in [4.78, 5) is 14.6. The van der Waals surface area contributed by atoms with Gasteiger partial charge in [-0.15, -0.1) is 0 Å². The molecule has 19 heavy (non-hydrogen) atoms. The summed E-state index contributed by atoms with van der Waals surface area (Å²) in [6.45, 7) is 6.30. The molecule has 0 radical (unpaired) electrons. The number of amides is 1. The van der Waals surface area contributed by atoms with Crippen molar-refractivity contribution in [2.45, 2.75) is 64.7 Å². The Labute approximate surface area is 115 Å². The fourth-order valence-corrected chi connectivity index (χ4v) is 3.56. The molecule has 1 aliphatic heterocycles. The Morgan fingerprint density at radius 2 is 1.89 bits per heavy atom. The second kappa shape index (κ2) is 5.92. The molecule has 2 rings (SSSR count). The Balaban J connectivity index is 2.12. The SMILES string of the molecule is CC1OC(C)C(C(=O)N(CC#N)C2CCCC2)C1C. The summed E-state index contributed by atoms with van der Waals surface area (Å²) in [7, 11) is 0. The average Bonchev–Trinajstić information content (AvgIpc) is 2.96. The molecule has 0 aromatic heterocycles. The van der Waals surface area contributed by atoms with Crippen LogP contribution in [-0.2, 0) is 9.53 Å². The maximum Gasteiger partial charge on any atom is 0.229 e. The van der Waals surface area contributed by atoms with Gasteiger partial charge < -0.3 is 9.64 Å². The van der Waals surface area contributed by atoms with Gasteiger partial charge in [-0.3, -0.25) is 4.79 Å². The van der Waals surface area contributed by atoms with E-state index in [1.165, 1.54) is 12.8 Å². The molecule has 2 aliphatic rings. The molecular formula is C15H24N2O2. The maximum absolute atomic E-state index is 12.8. The molecule has 0 aromatic rings. The van der Waals surface area contributed by atoms with Crippen molar-refractivity contribution >= 4 is 5.91 Å². The van der Waals surface area contributed by atoms with E-state index >= 15 is 0 Å². The third-order valence-corrected chi connectivity index (χ3v) is 4.82. The summed E-state index contributed by atoms with van der Waals surface area (Å²) < 4.78 is 5.77. The molecule has 0 spiro atoms. The van der Waals surface area contributed by atoms with Crippen molar-refractivity contribution in [3.05, 3.63) is 0 Å². The van der Waals surface area contributed by atoms with Crippen molar-refractivity contribution in [3.63, 3.8) is 0 Å². The lowest BCUT2D eigenvalue weighted by Crippen LogP contribution is -2.45. The van der Waals surface area contributed by atoms with Crippen molar-refractivity contribution in [3.8, 4) is 6.07 Å². The number of nitrogens with zero attached hydrogens (tertiary/aromatic N) is 2. The van der Waals surface area contributed by atoms with Crippen molar-refractivity contribution in [1.29, 1.82) is 5.26 Å². The molecule has 1 amide bonds. The topological polar surface area (TPSA) is 53.3 Å². The summed E-state index contributed by atoms with van der Waals surface area (Å²) in [5.41, 5.74) is 0. The van der Waals surface area contributed by atoms with Gasteiger partial charge >= 0.3 is 0 Å². The first-order valence-electron chi connectivity index (χ1n) is 7.39. The molecule has 1 saturated heterocycles. The highest BCUT2D eigenvalue weighted by Gasteiger charge is 2.44. The number of ether oxygens (including phenoxy) is 1. The second-order valence-electron chi connectivity index (χ2n) is 5.99. The Hall–Kier alpha value is -1.08. The van der Waals surface area contributed by atoms with Crippen LogP contribution in [0.3, 0.4) is 0 Å². The van der Waals surface area contributed by atoms with E-state index in [2.05, 4.69) is 13.0 Å². The normalized spacial score (nSPS) is 35.3. The molecule has 0 aromatic carbocycles. The molecule has 1 aliphatic carbocycles. The number of rotatable bonds is 3. The first-order chi connectivity index (χ1) is 9.06. The molecule has 0 N–H and O–H groups in total. The summed E-state index contributed by atoms with van der Waals surface area (Å²) in [5, 5.41) is 9.00. The number of hydrogen-bond acceptors (Lipinski definition) is 3. The summed E-state index contributed by atoms with van der Waals surface area (Å²) >= 11 is 0. The maximum atomic E-state index is 12.8. The molecule has 2 fully saturated rings. The van der Waals surface area contributed by atoms with Gasteiger partial charge in [0.1, 0.15) is 6.54 Å². The second-order valence-corrected chi connectivity index (χ2v) is 5.99. The molecule has 4 unspecified atom stereocenters. The van der Waals surface area contributed by atoms with Gasteiger partial charge in [-0.25, -0.2) is 0 Å². The van der Waals surface area contributed by atoms with E-state index in [4.69, 9.17) is 10.00 Å². The summed E-state index contributed by atoms with van der Waals surface area (Å²) in [6, 6.07) is 2.42. The minimum atomic E-state index is -0.0936. The van der Waals surface area contributed by atoms with Gasteiger partial charge in [-0.05, 0) is 32.6 Å². The smallest absolute Gasteiger partial charge is 0.229 e. The van der Waals surface area contributed by atoms with Crippen LogP contribution in [0.15, 0.2) is 0 Å². The van der Waals surface area contributed by atoms with Crippen LogP contribution in [0.5, 0.6) is 0 Å². The van der Waals surface area contributed by atoms with Gasteiger partial charge in [0.2, 0.25) is 5.91 Å². The zero-order valence-electron chi connectivity index (χ0n) is 12.1. The van der Waals surface area contributed by atoms with Crippen LogP contribution in [0, 0.1) is 23.2 Å². The van der Waals surface area contributed by atoms with Gasteiger partial charge in [-0.1, -0.05) is 19.8 Å². The molecule has 0 bridgehead atoms. The molecule has 4 heteroatoms. The average molecular weight is 264 g/mol. The van der Waals surface area contributed by atoms with E-state index in [-0.39, 0.29) is 42.5 Å². The number of nitriles is 1. The Bertz CT molecular complexity index is 371. The van der Waals surface area contributed by atoms with Crippen LogP contribution >= 0.6 is 0 Å². The van der Waals surface area contributed by atoms with Crippen LogP contribution < -0.4 is 0 Å². The highest BCUT2D eigenvalue weighted by molar-refractivity contribution is 5.80.